The average Bonchev–Trinajstić information content (AvgIpc) is 2.79. The van der Waals surface area contributed by atoms with Crippen LogP contribution in [0.2, 0.25) is 0 Å². The second-order valence-corrected chi connectivity index (χ2v) is 4.60. The molecule has 2 aromatic rings. The van der Waals surface area contributed by atoms with Crippen molar-refractivity contribution in [3.05, 3.63) is 47.5 Å². The van der Waals surface area contributed by atoms with Gasteiger partial charge in [-0.2, -0.15) is 0 Å². The predicted octanol–water partition coefficient (Wildman–Crippen LogP) is 2.17. The molecule has 0 atom stereocenters. The zero-order chi connectivity index (χ0) is 15.0. The molecule has 21 heavy (non-hydrogen) atoms. The molecule has 0 heterocycles. The van der Waals surface area contributed by atoms with Crippen LogP contribution in [-0.2, 0) is 6.42 Å². The van der Waals surface area contributed by atoms with E-state index in [0.717, 1.165) is 22.3 Å². The SMILES string of the molecule is NC(=O)Oc1ccc2c(c1OC(N)=O)Cc1ccccc1-2. The van der Waals surface area contributed by atoms with Crippen molar-refractivity contribution in [1.29, 1.82) is 0 Å². The molecule has 0 spiro atoms. The summed E-state index contributed by atoms with van der Waals surface area (Å²) < 4.78 is 9.90. The molecular formula is C15H12N2O4. The molecule has 1 aliphatic rings. The zero-order valence-electron chi connectivity index (χ0n) is 11.0. The molecule has 6 nitrogen and oxygen atoms in total. The number of carbonyl (C=O) groups excluding carboxylic acids is 2. The van der Waals surface area contributed by atoms with Gasteiger partial charge in [-0.25, -0.2) is 9.59 Å². The van der Waals surface area contributed by atoms with Gasteiger partial charge in [-0.3, -0.25) is 0 Å². The molecule has 3 rings (SSSR count). The van der Waals surface area contributed by atoms with E-state index in [0.29, 0.717) is 6.42 Å². The molecule has 0 aliphatic heterocycles. The Labute approximate surface area is 120 Å². The van der Waals surface area contributed by atoms with Crippen LogP contribution in [0.25, 0.3) is 11.1 Å². The standard InChI is InChI=1S/C15H12N2O4/c16-14(18)20-12-6-5-10-9-4-2-1-3-8(9)7-11(10)13(12)21-15(17)19/h1-6H,7H2,(H2,16,18)(H2,17,19). The Morgan fingerprint density at radius 2 is 1.62 bits per heavy atom. The molecule has 0 radical (unpaired) electrons. The summed E-state index contributed by atoms with van der Waals surface area (Å²) in [6.07, 6.45) is -1.40. The molecule has 0 aromatic heterocycles. The number of rotatable bonds is 2. The maximum atomic E-state index is 11.1. The fourth-order valence-electron chi connectivity index (χ4n) is 2.56. The number of fused-ring (bicyclic) bond motifs is 3. The van der Waals surface area contributed by atoms with Crippen molar-refractivity contribution >= 4 is 12.2 Å². The van der Waals surface area contributed by atoms with Crippen molar-refractivity contribution in [2.24, 2.45) is 11.5 Å². The Morgan fingerprint density at radius 1 is 0.905 bits per heavy atom. The first-order chi connectivity index (χ1) is 10.1. The second-order valence-electron chi connectivity index (χ2n) is 4.60. The minimum atomic E-state index is -0.986. The van der Waals surface area contributed by atoms with E-state index in [1.165, 1.54) is 6.07 Å². The van der Waals surface area contributed by atoms with Crippen LogP contribution in [0.1, 0.15) is 11.1 Å². The lowest BCUT2D eigenvalue weighted by Crippen LogP contribution is -2.20. The van der Waals surface area contributed by atoms with Crippen LogP contribution in [0.4, 0.5) is 9.59 Å². The van der Waals surface area contributed by atoms with Crippen molar-refractivity contribution in [3.63, 3.8) is 0 Å². The number of ether oxygens (including phenoxy) is 2. The van der Waals surface area contributed by atoms with Gasteiger partial charge in [0.1, 0.15) is 0 Å². The van der Waals surface area contributed by atoms with Gasteiger partial charge in [0.15, 0.2) is 11.5 Å². The van der Waals surface area contributed by atoms with Crippen LogP contribution in [0.5, 0.6) is 11.5 Å². The highest BCUT2D eigenvalue weighted by Gasteiger charge is 2.26. The van der Waals surface area contributed by atoms with Gasteiger partial charge in [-0.1, -0.05) is 30.3 Å². The maximum Gasteiger partial charge on any atom is 0.410 e. The predicted molar refractivity (Wildman–Crippen MR) is 75.1 cm³/mol. The maximum absolute atomic E-state index is 11.1. The summed E-state index contributed by atoms with van der Waals surface area (Å²) in [5.74, 6) is 0.211. The van der Waals surface area contributed by atoms with Crippen LogP contribution in [0, 0.1) is 0 Å². The number of hydrogen-bond acceptors (Lipinski definition) is 4. The van der Waals surface area contributed by atoms with Gasteiger partial charge in [0.05, 0.1) is 0 Å². The minimum absolute atomic E-state index is 0.0767. The van der Waals surface area contributed by atoms with Gasteiger partial charge in [0.2, 0.25) is 0 Å². The molecule has 0 saturated carbocycles. The number of benzene rings is 2. The van der Waals surface area contributed by atoms with Crippen LogP contribution >= 0.6 is 0 Å². The van der Waals surface area contributed by atoms with Crippen LogP contribution in [-0.4, -0.2) is 12.2 Å². The molecule has 6 heteroatoms. The molecule has 106 valence electrons. The topological polar surface area (TPSA) is 105 Å². The molecule has 0 bridgehead atoms. The zero-order valence-corrected chi connectivity index (χ0v) is 11.0. The first kappa shape index (κ1) is 13.0. The Hall–Kier alpha value is -3.02. The summed E-state index contributed by atoms with van der Waals surface area (Å²) >= 11 is 0. The number of hydrogen-bond donors (Lipinski definition) is 2. The third kappa shape index (κ3) is 2.27. The highest BCUT2D eigenvalue weighted by atomic mass is 16.6. The van der Waals surface area contributed by atoms with Crippen molar-refractivity contribution < 1.29 is 19.1 Å². The van der Waals surface area contributed by atoms with E-state index >= 15 is 0 Å². The number of amides is 2. The van der Waals surface area contributed by atoms with E-state index < -0.39 is 12.2 Å². The van der Waals surface area contributed by atoms with Crippen molar-refractivity contribution in [2.75, 3.05) is 0 Å². The number of nitrogens with two attached hydrogens (primary N) is 2. The fourth-order valence-corrected chi connectivity index (χ4v) is 2.56. The molecule has 4 N–H and O–H groups in total. The third-order valence-electron chi connectivity index (χ3n) is 3.31. The molecule has 0 fully saturated rings. The minimum Gasteiger partial charge on any atom is -0.406 e. The quantitative estimate of drug-likeness (QED) is 0.752. The van der Waals surface area contributed by atoms with Crippen LogP contribution in [0.3, 0.4) is 0 Å². The van der Waals surface area contributed by atoms with Gasteiger partial charge in [-0.05, 0) is 22.8 Å². The Morgan fingerprint density at radius 3 is 2.33 bits per heavy atom. The highest BCUT2D eigenvalue weighted by molar-refractivity contribution is 5.83. The summed E-state index contributed by atoms with van der Waals surface area (Å²) in [7, 11) is 0. The molecule has 1 aliphatic carbocycles. The Bertz CT molecular complexity index is 755. The van der Waals surface area contributed by atoms with Gasteiger partial charge >= 0.3 is 12.2 Å². The lowest BCUT2D eigenvalue weighted by atomic mass is 10.1. The highest BCUT2D eigenvalue weighted by Crippen LogP contribution is 2.45. The summed E-state index contributed by atoms with van der Waals surface area (Å²) in [5.41, 5.74) is 13.9. The summed E-state index contributed by atoms with van der Waals surface area (Å²) in [5, 5.41) is 0. The van der Waals surface area contributed by atoms with E-state index in [4.69, 9.17) is 20.9 Å². The van der Waals surface area contributed by atoms with Gasteiger partial charge in [-0.15, -0.1) is 0 Å². The lowest BCUT2D eigenvalue weighted by Gasteiger charge is -2.12. The monoisotopic (exact) mass is 284 g/mol. The molecule has 2 aromatic carbocycles. The number of primary amides is 2. The summed E-state index contributed by atoms with van der Waals surface area (Å²) in [4.78, 5) is 22.1. The van der Waals surface area contributed by atoms with E-state index in [1.54, 1.807) is 6.07 Å². The molecule has 0 saturated heterocycles. The van der Waals surface area contributed by atoms with Crippen molar-refractivity contribution in [2.45, 2.75) is 6.42 Å². The first-order valence-corrected chi connectivity index (χ1v) is 6.25. The summed E-state index contributed by atoms with van der Waals surface area (Å²) in [6, 6.07) is 11.1. The lowest BCUT2D eigenvalue weighted by molar-refractivity contribution is 0.200. The Kier molecular flexibility index (Phi) is 2.98. The van der Waals surface area contributed by atoms with Gasteiger partial charge < -0.3 is 20.9 Å². The van der Waals surface area contributed by atoms with Crippen LogP contribution in [0.15, 0.2) is 36.4 Å². The first-order valence-electron chi connectivity index (χ1n) is 6.25. The van der Waals surface area contributed by atoms with E-state index in [-0.39, 0.29) is 11.5 Å². The molecule has 0 unspecified atom stereocenters. The van der Waals surface area contributed by atoms with E-state index in [2.05, 4.69) is 0 Å². The van der Waals surface area contributed by atoms with Gasteiger partial charge in [0.25, 0.3) is 0 Å². The molecular weight excluding hydrogens is 272 g/mol. The van der Waals surface area contributed by atoms with E-state index in [1.807, 2.05) is 24.3 Å². The van der Waals surface area contributed by atoms with Crippen molar-refractivity contribution in [1.82, 2.24) is 0 Å². The normalized spacial score (nSPS) is 11.4. The third-order valence-corrected chi connectivity index (χ3v) is 3.31. The summed E-state index contributed by atoms with van der Waals surface area (Å²) in [6.45, 7) is 0. The number of carbonyl (C=O) groups is 2. The fraction of sp³-hybridized carbons (Fsp3) is 0.0667. The average molecular weight is 284 g/mol. The largest absolute Gasteiger partial charge is 0.410 e. The Balaban J connectivity index is 2.15. The van der Waals surface area contributed by atoms with Crippen molar-refractivity contribution in [3.8, 4) is 22.6 Å². The second kappa shape index (κ2) is 4.82. The van der Waals surface area contributed by atoms with E-state index in [9.17, 15) is 9.59 Å². The smallest absolute Gasteiger partial charge is 0.406 e. The van der Waals surface area contributed by atoms with Gasteiger partial charge in [0, 0.05) is 12.0 Å². The van der Waals surface area contributed by atoms with Crippen LogP contribution < -0.4 is 20.9 Å². The molecule has 2 amide bonds.